The molecule has 0 aliphatic heterocycles. The standard InChI is InChI=1S/C16H14N2O3/c19-14(20)10-18-13-9-5-4-8-12(13)17-16(18)15(21)11-6-2-1-3-7-11/h1-9,15,21H,10H2,(H,19,20). The van der Waals surface area contributed by atoms with E-state index in [1.807, 2.05) is 30.3 Å². The molecule has 106 valence electrons. The third-order valence-electron chi connectivity index (χ3n) is 3.34. The molecule has 21 heavy (non-hydrogen) atoms. The zero-order chi connectivity index (χ0) is 14.8. The largest absolute Gasteiger partial charge is 0.480 e. The van der Waals surface area contributed by atoms with E-state index >= 15 is 0 Å². The van der Waals surface area contributed by atoms with E-state index in [0.29, 0.717) is 22.4 Å². The summed E-state index contributed by atoms with van der Waals surface area (Å²) in [5.74, 6) is -0.635. The van der Waals surface area contributed by atoms with Gasteiger partial charge in [0.25, 0.3) is 0 Å². The van der Waals surface area contributed by atoms with Gasteiger partial charge in [0, 0.05) is 0 Å². The molecule has 5 heteroatoms. The Bertz CT molecular complexity index is 781. The molecule has 0 saturated carbocycles. The second-order valence-electron chi connectivity index (χ2n) is 4.75. The van der Waals surface area contributed by atoms with E-state index in [1.165, 1.54) is 4.57 Å². The van der Waals surface area contributed by atoms with Crippen molar-refractivity contribution in [3.8, 4) is 0 Å². The number of hydrogen-bond acceptors (Lipinski definition) is 3. The van der Waals surface area contributed by atoms with E-state index in [9.17, 15) is 9.90 Å². The summed E-state index contributed by atoms with van der Waals surface area (Å²) in [6, 6.07) is 16.3. The van der Waals surface area contributed by atoms with Gasteiger partial charge in [-0.05, 0) is 17.7 Å². The van der Waals surface area contributed by atoms with Crippen LogP contribution in [0.2, 0.25) is 0 Å². The highest BCUT2D eigenvalue weighted by Crippen LogP contribution is 2.25. The van der Waals surface area contributed by atoms with Crippen molar-refractivity contribution < 1.29 is 15.0 Å². The van der Waals surface area contributed by atoms with E-state index in [2.05, 4.69) is 4.98 Å². The fourth-order valence-electron chi connectivity index (χ4n) is 2.39. The van der Waals surface area contributed by atoms with Gasteiger partial charge in [0.05, 0.1) is 11.0 Å². The van der Waals surface area contributed by atoms with Crippen LogP contribution in [0.5, 0.6) is 0 Å². The van der Waals surface area contributed by atoms with Gasteiger partial charge >= 0.3 is 5.97 Å². The van der Waals surface area contributed by atoms with Gasteiger partial charge in [0.1, 0.15) is 18.5 Å². The van der Waals surface area contributed by atoms with Crippen molar-refractivity contribution in [1.82, 2.24) is 9.55 Å². The molecule has 0 bridgehead atoms. The Balaban J connectivity index is 2.15. The molecule has 0 spiro atoms. The number of carboxylic acids is 1. The van der Waals surface area contributed by atoms with Crippen LogP contribution in [-0.2, 0) is 11.3 Å². The minimum Gasteiger partial charge on any atom is -0.480 e. The molecule has 1 unspecified atom stereocenters. The second-order valence-corrected chi connectivity index (χ2v) is 4.75. The Morgan fingerprint density at radius 2 is 1.76 bits per heavy atom. The fourth-order valence-corrected chi connectivity index (χ4v) is 2.39. The maximum Gasteiger partial charge on any atom is 0.323 e. The van der Waals surface area contributed by atoms with Crippen LogP contribution in [0.3, 0.4) is 0 Å². The van der Waals surface area contributed by atoms with Crippen LogP contribution >= 0.6 is 0 Å². The summed E-state index contributed by atoms with van der Waals surface area (Å²) >= 11 is 0. The lowest BCUT2D eigenvalue weighted by Crippen LogP contribution is -2.15. The number of nitrogens with zero attached hydrogens (tertiary/aromatic N) is 2. The Morgan fingerprint density at radius 1 is 1.10 bits per heavy atom. The van der Waals surface area contributed by atoms with Gasteiger partial charge in [-0.2, -0.15) is 0 Å². The zero-order valence-electron chi connectivity index (χ0n) is 11.2. The smallest absolute Gasteiger partial charge is 0.323 e. The van der Waals surface area contributed by atoms with Crippen LogP contribution < -0.4 is 0 Å². The van der Waals surface area contributed by atoms with Crippen LogP contribution in [-0.4, -0.2) is 25.7 Å². The van der Waals surface area contributed by atoms with Crippen molar-refractivity contribution in [3.63, 3.8) is 0 Å². The molecule has 3 rings (SSSR count). The maximum atomic E-state index is 11.1. The highest BCUT2D eigenvalue weighted by atomic mass is 16.4. The van der Waals surface area contributed by atoms with Crippen molar-refractivity contribution >= 4 is 17.0 Å². The number of rotatable bonds is 4. The first-order valence-electron chi connectivity index (χ1n) is 6.57. The lowest BCUT2D eigenvalue weighted by molar-refractivity contribution is -0.137. The van der Waals surface area contributed by atoms with Crippen molar-refractivity contribution in [2.24, 2.45) is 0 Å². The number of carbonyl (C=O) groups is 1. The number of benzene rings is 2. The molecule has 5 nitrogen and oxygen atoms in total. The van der Waals surface area contributed by atoms with E-state index in [0.717, 1.165) is 0 Å². The SMILES string of the molecule is O=C(O)Cn1c(C(O)c2ccccc2)nc2ccccc21. The lowest BCUT2D eigenvalue weighted by Gasteiger charge is -2.12. The van der Waals surface area contributed by atoms with Crippen LogP contribution in [0.15, 0.2) is 54.6 Å². The predicted octanol–water partition coefficient (Wildman–Crippen LogP) is 2.20. The first-order valence-corrected chi connectivity index (χ1v) is 6.57. The minimum atomic E-state index is -0.973. The highest BCUT2D eigenvalue weighted by molar-refractivity contribution is 5.78. The molecule has 1 atom stereocenters. The monoisotopic (exact) mass is 282 g/mol. The topological polar surface area (TPSA) is 75.3 Å². The molecule has 1 aromatic heterocycles. The number of imidazole rings is 1. The van der Waals surface area contributed by atoms with Crippen LogP contribution in [0.25, 0.3) is 11.0 Å². The quantitative estimate of drug-likeness (QED) is 0.769. The summed E-state index contributed by atoms with van der Waals surface area (Å²) in [7, 11) is 0. The number of aliphatic hydroxyl groups is 1. The van der Waals surface area contributed by atoms with Gasteiger partial charge in [-0.25, -0.2) is 4.98 Å². The molecule has 0 saturated heterocycles. The molecule has 0 fully saturated rings. The number of para-hydroxylation sites is 2. The molecule has 1 heterocycles. The lowest BCUT2D eigenvalue weighted by atomic mass is 10.1. The van der Waals surface area contributed by atoms with E-state index in [-0.39, 0.29) is 6.54 Å². The molecule has 3 aromatic rings. The number of aliphatic carboxylic acids is 1. The Kier molecular flexibility index (Phi) is 3.41. The van der Waals surface area contributed by atoms with Gasteiger partial charge in [-0.3, -0.25) is 4.79 Å². The van der Waals surface area contributed by atoms with E-state index in [4.69, 9.17) is 5.11 Å². The number of aliphatic hydroxyl groups excluding tert-OH is 1. The normalized spacial score (nSPS) is 12.4. The summed E-state index contributed by atoms with van der Waals surface area (Å²) in [5.41, 5.74) is 2.05. The summed E-state index contributed by atoms with van der Waals surface area (Å²) in [6.45, 7) is -0.236. The third kappa shape index (κ3) is 2.51. The van der Waals surface area contributed by atoms with Gasteiger partial charge < -0.3 is 14.8 Å². The second kappa shape index (κ2) is 5.38. The van der Waals surface area contributed by atoms with E-state index in [1.54, 1.807) is 24.3 Å². The third-order valence-corrected chi connectivity index (χ3v) is 3.34. The Morgan fingerprint density at radius 3 is 2.48 bits per heavy atom. The summed E-state index contributed by atoms with van der Waals surface area (Å²) in [6.07, 6.45) is -0.960. The summed E-state index contributed by atoms with van der Waals surface area (Å²) in [4.78, 5) is 15.5. The number of hydrogen-bond donors (Lipinski definition) is 2. The fraction of sp³-hybridized carbons (Fsp3) is 0.125. The highest BCUT2D eigenvalue weighted by Gasteiger charge is 2.20. The Hall–Kier alpha value is -2.66. The molecule has 2 aromatic carbocycles. The number of fused-ring (bicyclic) bond motifs is 1. The number of aromatic nitrogens is 2. The van der Waals surface area contributed by atoms with Crippen LogP contribution in [0.4, 0.5) is 0 Å². The molecule has 0 aliphatic rings. The number of carboxylic acid groups (broad SMARTS) is 1. The summed E-state index contributed by atoms with van der Waals surface area (Å²) in [5, 5.41) is 19.6. The van der Waals surface area contributed by atoms with Crippen molar-refractivity contribution in [2.45, 2.75) is 12.6 Å². The van der Waals surface area contributed by atoms with Gasteiger partial charge in [0.15, 0.2) is 0 Å². The summed E-state index contributed by atoms with van der Waals surface area (Å²) < 4.78 is 1.54. The van der Waals surface area contributed by atoms with Crippen molar-refractivity contribution in [2.75, 3.05) is 0 Å². The van der Waals surface area contributed by atoms with Gasteiger partial charge in [-0.1, -0.05) is 42.5 Å². The molecular formula is C16H14N2O3. The molecule has 0 amide bonds. The van der Waals surface area contributed by atoms with Crippen molar-refractivity contribution in [3.05, 3.63) is 66.0 Å². The molecule has 0 radical (unpaired) electrons. The van der Waals surface area contributed by atoms with Crippen molar-refractivity contribution in [1.29, 1.82) is 0 Å². The molecule has 0 aliphatic carbocycles. The molecule has 2 N–H and O–H groups in total. The maximum absolute atomic E-state index is 11.1. The zero-order valence-corrected chi connectivity index (χ0v) is 11.2. The average Bonchev–Trinajstić information content (AvgIpc) is 2.86. The first-order chi connectivity index (χ1) is 10.2. The van der Waals surface area contributed by atoms with E-state index < -0.39 is 12.1 Å². The van der Waals surface area contributed by atoms with Gasteiger partial charge in [-0.15, -0.1) is 0 Å². The first kappa shape index (κ1) is 13.3. The molecular weight excluding hydrogens is 268 g/mol. The van der Waals surface area contributed by atoms with Crippen LogP contribution in [0, 0.1) is 0 Å². The van der Waals surface area contributed by atoms with Gasteiger partial charge in [0.2, 0.25) is 0 Å². The average molecular weight is 282 g/mol. The Labute approximate surface area is 121 Å². The van der Waals surface area contributed by atoms with Crippen LogP contribution in [0.1, 0.15) is 17.5 Å². The minimum absolute atomic E-state index is 0.236. The predicted molar refractivity (Wildman–Crippen MR) is 77.9 cm³/mol.